The molecule has 3 atom stereocenters. The lowest BCUT2D eigenvalue weighted by molar-refractivity contribution is -0.150. The van der Waals surface area contributed by atoms with Crippen LogP contribution in [0.3, 0.4) is 0 Å². The average molecular weight is 198 g/mol. The summed E-state index contributed by atoms with van der Waals surface area (Å²) in [6, 6.07) is 0. The number of carbonyl (C=O) groups is 1. The van der Waals surface area contributed by atoms with Gasteiger partial charge in [-0.15, -0.1) is 0 Å². The molecule has 1 aliphatic carbocycles. The molecule has 1 aliphatic rings. The van der Waals surface area contributed by atoms with Gasteiger partial charge in [0.25, 0.3) is 0 Å². The number of esters is 1. The Morgan fingerprint density at radius 2 is 2.00 bits per heavy atom. The highest BCUT2D eigenvalue weighted by atomic mass is 16.5. The van der Waals surface area contributed by atoms with Crippen LogP contribution in [0.1, 0.15) is 40.0 Å². The van der Waals surface area contributed by atoms with E-state index in [2.05, 4.69) is 20.8 Å². The van der Waals surface area contributed by atoms with Gasteiger partial charge in [-0.1, -0.05) is 27.2 Å². The number of rotatable bonds is 2. The van der Waals surface area contributed by atoms with Gasteiger partial charge in [0.2, 0.25) is 0 Å². The molecule has 0 saturated heterocycles. The molecule has 2 unspecified atom stereocenters. The Labute approximate surface area is 87.0 Å². The maximum atomic E-state index is 11.6. The molecule has 14 heavy (non-hydrogen) atoms. The van der Waals surface area contributed by atoms with Crippen molar-refractivity contribution in [2.75, 3.05) is 7.11 Å². The highest BCUT2D eigenvalue weighted by molar-refractivity contribution is 5.72. The maximum Gasteiger partial charge on any atom is 0.308 e. The minimum atomic E-state index is -0.00440. The SMILES string of the molecule is COC(=O)C1CC(C)CC[C@H]1C(C)C. The zero-order chi connectivity index (χ0) is 10.7. The topological polar surface area (TPSA) is 26.3 Å². The summed E-state index contributed by atoms with van der Waals surface area (Å²) in [5.41, 5.74) is 0. The summed E-state index contributed by atoms with van der Waals surface area (Å²) in [7, 11) is 1.50. The van der Waals surface area contributed by atoms with Gasteiger partial charge in [-0.25, -0.2) is 0 Å². The van der Waals surface area contributed by atoms with E-state index in [0.29, 0.717) is 17.8 Å². The summed E-state index contributed by atoms with van der Waals surface area (Å²) in [5, 5.41) is 0. The van der Waals surface area contributed by atoms with Crippen LogP contribution < -0.4 is 0 Å². The first kappa shape index (κ1) is 11.5. The molecule has 0 aromatic carbocycles. The normalized spacial score (nSPS) is 33.1. The van der Waals surface area contributed by atoms with Crippen molar-refractivity contribution in [2.45, 2.75) is 40.0 Å². The van der Waals surface area contributed by atoms with E-state index in [4.69, 9.17) is 4.74 Å². The second-order valence-corrected chi connectivity index (χ2v) is 4.96. The molecular formula is C12H22O2. The van der Waals surface area contributed by atoms with Crippen molar-refractivity contribution in [3.8, 4) is 0 Å². The molecule has 0 radical (unpaired) electrons. The lowest BCUT2D eigenvalue weighted by atomic mass is 9.70. The zero-order valence-corrected chi connectivity index (χ0v) is 9.75. The van der Waals surface area contributed by atoms with Gasteiger partial charge < -0.3 is 4.74 Å². The molecule has 0 aromatic rings. The Balaban J connectivity index is 2.68. The molecular weight excluding hydrogens is 176 g/mol. The fourth-order valence-corrected chi connectivity index (χ4v) is 2.62. The Hall–Kier alpha value is -0.530. The average Bonchev–Trinajstić information content (AvgIpc) is 2.16. The molecule has 0 aliphatic heterocycles. The van der Waals surface area contributed by atoms with Crippen LogP contribution in [0, 0.1) is 23.7 Å². The van der Waals surface area contributed by atoms with Gasteiger partial charge in [-0.05, 0) is 30.6 Å². The van der Waals surface area contributed by atoms with Crippen molar-refractivity contribution in [3.63, 3.8) is 0 Å². The summed E-state index contributed by atoms with van der Waals surface area (Å²) in [5.74, 6) is 1.93. The molecule has 0 heterocycles. The van der Waals surface area contributed by atoms with E-state index < -0.39 is 0 Å². The summed E-state index contributed by atoms with van der Waals surface area (Å²) >= 11 is 0. The van der Waals surface area contributed by atoms with Crippen molar-refractivity contribution in [1.82, 2.24) is 0 Å². The first-order valence-electron chi connectivity index (χ1n) is 5.64. The van der Waals surface area contributed by atoms with Crippen molar-refractivity contribution >= 4 is 5.97 Å². The first-order valence-corrected chi connectivity index (χ1v) is 5.64. The lowest BCUT2D eigenvalue weighted by Gasteiger charge is -2.35. The summed E-state index contributed by atoms with van der Waals surface area (Å²) in [6.07, 6.45) is 3.45. The van der Waals surface area contributed by atoms with Gasteiger partial charge in [0, 0.05) is 0 Å². The third kappa shape index (κ3) is 2.49. The number of methoxy groups -OCH3 is 1. The highest BCUT2D eigenvalue weighted by Gasteiger charge is 2.35. The van der Waals surface area contributed by atoms with E-state index >= 15 is 0 Å². The maximum absolute atomic E-state index is 11.6. The molecule has 0 amide bonds. The monoisotopic (exact) mass is 198 g/mol. The van der Waals surface area contributed by atoms with Crippen molar-refractivity contribution < 1.29 is 9.53 Å². The van der Waals surface area contributed by atoms with E-state index in [1.165, 1.54) is 20.0 Å². The first-order chi connectivity index (χ1) is 6.56. The van der Waals surface area contributed by atoms with E-state index in [1.54, 1.807) is 0 Å². The Bertz CT molecular complexity index is 198. The van der Waals surface area contributed by atoms with Crippen LogP contribution in [0.25, 0.3) is 0 Å². The molecule has 1 rings (SSSR count). The summed E-state index contributed by atoms with van der Waals surface area (Å²) < 4.78 is 4.88. The number of hydrogen-bond acceptors (Lipinski definition) is 2. The smallest absolute Gasteiger partial charge is 0.308 e. The van der Waals surface area contributed by atoms with Gasteiger partial charge in [0.15, 0.2) is 0 Å². The van der Waals surface area contributed by atoms with E-state index in [0.717, 1.165) is 6.42 Å². The van der Waals surface area contributed by atoms with Gasteiger partial charge in [0.1, 0.15) is 0 Å². The fourth-order valence-electron chi connectivity index (χ4n) is 2.62. The Morgan fingerprint density at radius 1 is 1.36 bits per heavy atom. The van der Waals surface area contributed by atoms with Crippen LogP contribution in [0.15, 0.2) is 0 Å². The molecule has 1 fully saturated rings. The Kier molecular flexibility index (Phi) is 3.97. The van der Waals surface area contributed by atoms with E-state index in [-0.39, 0.29) is 11.9 Å². The highest BCUT2D eigenvalue weighted by Crippen LogP contribution is 2.38. The number of carbonyl (C=O) groups excluding carboxylic acids is 1. The van der Waals surface area contributed by atoms with Crippen LogP contribution in [-0.4, -0.2) is 13.1 Å². The lowest BCUT2D eigenvalue weighted by Crippen LogP contribution is -2.33. The standard InChI is InChI=1S/C12H22O2/c1-8(2)10-6-5-9(3)7-11(10)12(13)14-4/h8-11H,5-7H2,1-4H3/t9?,10-,11?/m0/s1. The van der Waals surface area contributed by atoms with E-state index in [1.807, 2.05) is 0 Å². The second kappa shape index (κ2) is 4.81. The van der Waals surface area contributed by atoms with Crippen LogP contribution in [0.4, 0.5) is 0 Å². The minimum absolute atomic E-state index is 0.00440. The molecule has 2 nitrogen and oxygen atoms in total. The van der Waals surface area contributed by atoms with Crippen LogP contribution in [0.5, 0.6) is 0 Å². The van der Waals surface area contributed by atoms with Crippen molar-refractivity contribution in [2.24, 2.45) is 23.7 Å². The molecule has 2 heteroatoms. The predicted octanol–water partition coefficient (Wildman–Crippen LogP) is 2.87. The molecule has 82 valence electrons. The summed E-state index contributed by atoms with van der Waals surface area (Å²) in [4.78, 5) is 11.6. The van der Waals surface area contributed by atoms with Gasteiger partial charge in [-0.3, -0.25) is 4.79 Å². The minimum Gasteiger partial charge on any atom is -0.469 e. The largest absolute Gasteiger partial charge is 0.469 e. The van der Waals surface area contributed by atoms with Gasteiger partial charge >= 0.3 is 5.97 Å². The molecule has 0 bridgehead atoms. The number of ether oxygens (including phenoxy) is 1. The van der Waals surface area contributed by atoms with Crippen molar-refractivity contribution in [1.29, 1.82) is 0 Å². The molecule has 1 saturated carbocycles. The Morgan fingerprint density at radius 3 is 2.50 bits per heavy atom. The number of hydrogen-bond donors (Lipinski definition) is 0. The predicted molar refractivity (Wildman–Crippen MR) is 56.8 cm³/mol. The van der Waals surface area contributed by atoms with E-state index in [9.17, 15) is 4.79 Å². The van der Waals surface area contributed by atoms with Crippen molar-refractivity contribution in [3.05, 3.63) is 0 Å². The van der Waals surface area contributed by atoms with Gasteiger partial charge in [-0.2, -0.15) is 0 Å². The van der Waals surface area contributed by atoms with Crippen LogP contribution in [-0.2, 0) is 9.53 Å². The zero-order valence-electron chi connectivity index (χ0n) is 9.75. The molecule has 0 spiro atoms. The third-order valence-corrected chi connectivity index (χ3v) is 3.53. The fraction of sp³-hybridized carbons (Fsp3) is 0.917. The molecule has 0 N–H and O–H groups in total. The van der Waals surface area contributed by atoms with Gasteiger partial charge in [0.05, 0.1) is 13.0 Å². The van der Waals surface area contributed by atoms with Crippen LogP contribution in [0.2, 0.25) is 0 Å². The second-order valence-electron chi connectivity index (χ2n) is 4.96. The third-order valence-electron chi connectivity index (χ3n) is 3.53. The quantitative estimate of drug-likeness (QED) is 0.638. The summed E-state index contributed by atoms with van der Waals surface area (Å²) in [6.45, 7) is 6.64. The van der Waals surface area contributed by atoms with Crippen LogP contribution >= 0.6 is 0 Å². The molecule has 0 aromatic heterocycles.